The van der Waals surface area contributed by atoms with E-state index in [1.807, 2.05) is 56.4 Å². The zero-order valence-corrected chi connectivity index (χ0v) is 25.8. The highest BCUT2D eigenvalue weighted by Crippen LogP contribution is 2.35. The number of carbonyl (C=O) groups is 2. The zero-order chi connectivity index (χ0) is 31.1. The lowest BCUT2D eigenvalue weighted by atomic mass is 9.98. The van der Waals surface area contributed by atoms with Crippen molar-refractivity contribution < 1.29 is 28.9 Å². The van der Waals surface area contributed by atoms with Crippen LogP contribution in [0, 0.1) is 11.8 Å². The molecule has 3 aromatic carbocycles. The van der Waals surface area contributed by atoms with Gasteiger partial charge in [-0.1, -0.05) is 43.3 Å². The first kappa shape index (κ1) is 31.5. The SMILES string of the molecule is C[C@@H]1CN([C@H](C)CO)C(=O)c2cccc(NC(=O)C3CCOCC3)c2O[C@H]1CN(C)Cc1ccc(Oc2ccccc2)cc1. The van der Waals surface area contributed by atoms with Crippen LogP contribution in [0.15, 0.2) is 72.8 Å². The molecule has 0 unspecified atom stereocenters. The highest BCUT2D eigenvalue weighted by molar-refractivity contribution is 6.02. The molecule has 234 valence electrons. The van der Waals surface area contributed by atoms with Crippen molar-refractivity contribution in [3.05, 3.63) is 83.9 Å². The number of para-hydroxylation sites is 2. The minimum absolute atomic E-state index is 0.0514. The minimum atomic E-state index is -0.369. The average Bonchev–Trinajstić information content (AvgIpc) is 3.04. The predicted molar refractivity (Wildman–Crippen MR) is 169 cm³/mol. The molecule has 3 atom stereocenters. The molecule has 1 fully saturated rings. The number of hydrogen-bond donors (Lipinski definition) is 2. The summed E-state index contributed by atoms with van der Waals surface area (Å²) in [4.78, 5) is 30.9. The van der Waals surface area contributed by atoms with Crippen molar-refractivity contribution in [1.82, 2.24) is 9.80 Å². The van der Waals surface area contributed by atoms with Crippen LogP contribution in [0.5, 0.6) is 17.2 Å². The molecule has 2 amide bonds. The lowest BCUT2D eigenvalue weighted by Crippen LogP contribution is -2.49. The monoisotopic (exact) mass is 601 g/mol. The van der Waals surface area contributed by atoms with E-state index < -0.39 is 0 Å². The van der Waals surface area contributed by atoms with Crippen molar-refractivity contribution in [3.63, 3.8) is 0 Å². The van der Waals surface area contributed by atoms with Gasteiger partial charge in [-0.15, -0.1) is 0 Å². The number of nitrogens with one attached hydrogen (secondary N) is 1. The van der Waals surface area contributed by atoms with Crippen LogP contribution in [0.4, 0.5) is 5.69 Å². The van der Waals surface area contributed by atoms with Gasteiger partial charge in [-0.25, -0.2) is 0 Å². The summed E-state index contributed by atoms with van der Waals surface area (Å²) in [6.45, 7) is 6.57. The van der Waals surface area contributed by atoms with Crippen molar-refractivity contribution in [2.24, 2.45) is 11.8 Å². The van der Waals surface area contributed by atoms with Gasteiger partial charge in [0.15, 0.2) is 5.75 Å². The van der Waals surface area contributed by atoms with Crippen LogP contribution in [0.2, 0.25) is 0 Å². The van der Waals surface area contributed by atoms with Crippen LogP contribution in [-0.4, -0.2) is 78.8 Å². The van der Waals surface area contributed by atoms with E-state index in [9.17, 15) is 14.7 Å². The molecule has 2 N–H and O–H groups in total. The molecule has 0 aromatic heterocycles. The summed E-state index contributed by atoms with van der Waals surface area (Å²) in [6.07, 6.45) is 1.03. The molecule has 2 aliphatic heterocycles. The van der Waals surface area contributed by atoms with E-state index in [1.54, 1.807) is 23.1 Å². The quantitative estimate of drug-likeness (QED) is 0.330. The number of hydrogen-bond acceptors (Lipinski definition) is 7. The number of anilines is 1. The van der Waals surface area contributed by atoms with Gasteiger partial charge in [0.2, 0.25) is 5.91 Å². The van der Waals surface area contributed by atoms with Crippen LogP contribution < -0.4 is 14.8 Å². The Morgan fingerprint density at radius 1 is 1.05 bits per heavy atom. The van der Waals surface area contributed by atoms with Gasteiger partial charge in [-0.2, -0.15) is 0 Å². The second-order valence-corrected chi connectivity index (χ2v) is 11.9. The lowest BCUT2D eigenvalue weighted by Gasteiger charge is -2.38. The van der Waals surface area contributed by atoms with Gasteiger partial charge in [-0.3, -0.25) is 14.5 Å². The Morgan fingerprint density at radius 2 is 1.75 bits per heavy atom. The number of aliphatic hydroxyl groups excluding tert-OH is 1. The molecule has 9 heteroatoms. The van der Waals surface area contributed by atoms with Gasteiger partial charge in [0, 0.05) is 44.7 Å². The van der Waals surface area contributed by atoms with E-state index in [4.69, 9.17) is 14.2 Å². The predicted octanol–water partition coefficient (Wildman–Crippen LogP) is 5.20. The Bertz CT molecular complexity index is 1390. The van der Waals surface area contributed by atoms with Crippen LogP contribution in [0.25, 0.3) is 0 Å². The summed E-state index contributed by atoms with van der Waals surface area (Å²) in [5, 5.41) is 13.0. The van der Waals surface area contributed by atoms with E-state index in [0.29, 0.717) is 62.7 Å². The molecule has 2 aliphatic rings. The maximum atomic E-state index is 13.8. The molecular formula is C35H43N3O6. The van der Waals surface area contributed by atoms with Crippen LogP contribution in [-0.2, 0) is 16.1 Å². The van der Waals surface area contributed by atoms with E-state index in [-0.39, 0.29) is 42.4 Å². The molecule has 3 aromatic rings. The number of nitrogens with zero attached hydrogens (tertiary/aromatic N) is 2. The molecule has 5 rings (SSSR count). The summed E-state index contributed by atoms with van der Waals surface area (Å²) >= 11 is 0. The number of amides is 2. The third-order valence-corrected chi connectivity index (χ3v) is 8.39. The normalized spacial score (nSPS) is 19.8. The van der Waals surface area contributed by atoms with E-state index >= 15 is 0 Å². The first-order valence-electron chi connectivity index (χ1n) is 15.4. The van der Waals surface area contributed by atoms with Gasteiger partial charge in [0.05, 0.1) is 23.9 Å². The fraction of sp³-hybridized carbons (Fsp3) is 0.429. The fourth-order valence-electron chi connectivity index (χ4n) is 5.73. The lowest BCUT2D eigenvalue weighted by molar-refractivity contribution is -0.122. The Kier molecular flexibility index (Phi) is 10.5. The van der Waals surface area contributed by atoms with E-state index in [2.05, 4.69) is 29.3 Å². The number of aliphatic hydroxyl groups is 1. The van der Waals surface area contributed by atoms with Crippen molar-refractivity contribution in [2.45, 2.75) is 45.4 Å². The summed E-state index contributed by atoms with van der Waals surface area (Å²) in [5.74, 6) is 1.42. The topological polar surface area (TPSA) is 101 Å². The highest BCUT2D eigenvalue weighted by Gasteiger charge is 2.35. The maximum Gasteiger partial charge on any atom is 0.258 e. The van der Waals surface area contributed by atoms with E-state index in [1.165, 1.54) is 0 Å². The molecule has 2 heterocycles. The van der Waals surface area contributed by atoms with Crippen molar-refractivity contribution >= 4 is 17.5 Å². The Hall–Kier alpha value is -3.92. The number of fused-ring (bicyclic) bond motifs is 1. The molecule has 0 aliphatic carbocycles. The van der Waals surface area contributed by atoms with Crippen LogP contribution >= 0.6 is 0 Å². The Labute approximate surface area is 259 Å². The average molecular weight is 602 g/mol. The standard InChI is InChI=1S/C35H43N3O6/c1-24-20-38(25(2)23-39)35(41)30-10-7-11-31(36-34(40)27-16-18-42-19-17-27)33(30)44-32(24)22-37(3)21-26-12-14-29(15-13-26)43-28-8-5-4-6-9-28/h4-15,24-25,27,32,39H,16-23H2,1-3H3,(H,36,40)/t24-,25-,32+/m1/s1. The molecular weight excluding hydrogens is 558 g/mol. The van der Waals surface area contributed by atoms with Crippen molar-refractivity contribution in [2.75, 3.05) is 45.3 Å². The smallest absolute Gasteiger partial charge is 0.258 e. The van der Waals surface area contributed by atoms with E-state index in [0.717, 1.165) is 17.1 Å². The largest absolute Gasteiger partial charge is 0.486 e. The molecule has 0 saturated carbocycles. The van der Waals surface area contributed by atoms with Gasteiger partial charge in [-0.05, 0) is 68.8 Å². The summed E-state index contributed by atoms with van der Waals surface area (Å²) in [5.41, 5.74) is 1.99. The van der Waals surface area contributed by atoms with Gasteiger partial charge in [0.1, 0.15) is 17.6 Å². The summed E-state index contributed by atoms with van der Waals surface area (Å²) < 4.78 is 18.1. The second-order valence-electron chi connectivity index (χ2n) is 11.9. The number of likely N-dealkylation sites (N-methyl/N-ethyl adjacent to an activating group) is 1. The maximum absolute atomic E-state index is 13.8. The molecule has 0 radical (unpaired) electrons. The van der Waals surface area contributed by atoms with Gasteiger partial charge >= 0.3 is 0 Å². The number of ether oxygens (including phenoxy) is 3. The fourth-order valence-corrected chi connectivity index (χ4v) is 5.73. The third-order valence-electron chi connectivity index (χ3n) is 8.39. The van der Waals surface area contributed by atoms with Crippen LogP contribution in [0.3, 0.4) is 0 Å². The summed E-state index contributed by atoms with van der Waals surface area (Å²) in [7, 11) is 2.04. The van der Waals surface area contributed by atoms with Gasteiger partial charge < -0.3 is 29.5 Å². The molecule has 0 spiro atoms. The molecule has 9 nitrogen and oxygen atoms in total. The second kappa shape index (κ2) is 14.7. The first-order valence-corrected chi connectivity index (χ1v) is 15.4. The molecule has 1 saturated heterocycles. The number of benzene rings is 3. The number of rotatable bonds is 10. The third kappa shape index (κ3) is 7.77. The Balaban J connectivity index is 1.34. The first-order chi connectivity index (χ1) is 21.3. The van der Waals surface area contributed by atoms with Crippen molar-refractivity contribution in [3.8, 4) is 17.2 Å². The van der Waals surface area contributed by atoms with Crippen molar-refractivity contribution in [1.29, 1.82) is 0 Å². The Morgan fingerprint density at radius 3 is 2.45 bits per heavy atom. The number of carbonyl (C=O) groups excluding carboxylic acids is 2. The molecule has 0 bridgehead atoms. The minimum Gasteiger partial charge on any atom is -0.486 e. The summed E-state index contributed by atoms with van der Waals surface area (Å²) in [6, 6.07) is 22.6. The van der Waals surface area contributed by atoms with Crippen LogP contribution in [0.1, 0.15) is 42.6 Å². The highest BCUT2D eigenvalue weighted by atomic mass is 16.5. The van der Waals surface area contributed by atoms with Gasteiger partial charge in [0.25, 0.3) is 5.91 Å². The zero-order valence-electron chi connectivity index (χ0n) is 25.8. The molecule has 44 heavy (non-hydrogen) atoms.